The van der Waals surface area contributed by atoms with Crippen LogP contribution in [0.4, 0.5) is 5.95 Å². The van der Waals surface area contributed by atoms with Gasteiger partial charge in [0.25, 0.3) is 0 Å². The molecule has 23 heavy (non-hydrogen) atoms. The van der Waals surface area contributed by atoms with Crippen LogP contribution in [0.25, 0.3) is 0 Å². The lowest BCUT2D eigenvalue weighted by Gasteiger charge is -2.41. The van der Waals surface area contributed by atoms with Crippen molar-refractivity contribution in [2.24, 2.45) is 5.92 Å². The summed E-state index contributed by atoms with van der Waals surface area (Å²) in [6.45, 7) is 12.7. The third-order valence-corrected chi connectivity index (χ3v) is 5.57. The van der Waals surface area contributed by atoms with E-state index < -0.39 is 0 Å². The van der Waals surface area contributed by atoms with Crippen LogP contribution in [-0.2, 0) is 0 Å². The highest BCUT2D eigenvalue weighted by molar-refractivity contribution is 5.33. The fraction of sp³-hybridized carbons (Fsp3) is 0.789. The molecule has 2 aliphatic rings. The lowest BCUT2D eigenvalue weighted by atomic mass is 9.87. The van der Waals surface area contributed by atoms with Crippen molar-refractivity contribution in [3.05, 3.63) is 18.0 Å². The van der Waals surface area contributed by atoms with Gasteiger partial charge in [0, 0.05) is 30.5 Å². The largest absolute Gasteiger partial charge is 0.338 e. The maximum atomic E-state index is 4.55. The molecule has 0 bridgehead atoms. The first kappa shape index (κ1) is 16.7. The molecule has 0 saturated carbocycles. The summed E-state index contributed by atoms with van der Waals surface area (Å²) in [6, 6.07) is 0.642. The monoisotopic (exact) mass is 316 g/mol. The minimum atomic E-state index is 0.320. The Balaban J connectivity index is 1.56. The summed E-state index contributed by atoms with van der Waals surface area (Å²) in [5.74, 6) is 1.80. The van der Waals surface area contributed by atoms with Crippen LogP contribution >= 0.6 is 0 Å². The van der Waals surface area contributed by atoms with Crippen molar-refractivity contribution in [1.82, 2.24) is 14.9 Å². The van der Waals surface area contributed by atoms with Crippen LogP contribution in [0.3, 0.4) is 0 Å². The highest BCUT2D eigenvalue weighted by atomic mass is 15.3. The summed E-state index contributed by atoms with van der Waals surface area (Å²) in [5, 5.41) is 0. The molecule has 0 spiro atoms. The Morgan fingerprint density at radius 2 is 1.70 bits per heavy atom. The van der Waals surface area contributed by atoms with Gasteiger partial charge in [-0.3, -0.25) is 4.90 Å². The van der Waals surface area contributed by atoms with Gasteiger partial charge in [-0.1, -0.05) is 0 Å². The molecule has 2 fully saturated rings. The smallest absolute Gasteiger partial charge is 0.225 e. The van der Waals surface area contributed by atoms with Gasteiger partial charge in [-0.25, -0.2) is 9.97 Å². The summed E-state index contributed by atoms with van der Waals surface area (Å²) in [4.78, 5) is 14.2. The molecule has 3 heterocycles. The number of likely N-dealkylation sites (tertiary alicyclic amines) is 1. The predicted molar refractivity (Wildman–Crippen MR) is 95.8 cm³/mol. The number of rotatable bonds is 3. The van der Waals surface area contributed by atoms with Gasteiger partial charge in [-0.15, -0.1) is 0 Å². The van der Waals surface area contributed by atoms with Gasteiger partial charge in [-0.05, 0) is 84.4 Å². The van der Waals surface area contributed by atoms with Crippen molar-refractivity contribution in [2.45, 2.75) is 71.4 Å². The first-order valence-electron chi connectivity index (χ1n) is 9.24. The summed E-state index contributed by atoms with van der Waals surface area (Å²) in [6.07, 6.45) is 10.5. The SMILES string of the molecule is Cc1cnc(N2CCCC2CC2CCN(C(C)(C)C)CC2)nc1. The van der Waals surface area contributed by atoms with Crippen molar-refractivity contribution < 1.29 is 0 Å². The van der Waals surface area contributed by atoms with Crippen LogP contribution in [-0.4, -0.2) is 46.1 Å². The zero-order valence-corrected chi connectivity index (χ0v) is 15.3. The molecule has 2 aliphatic heterocycles. The minimum absolute atomic E-state index is 0.320. The fourth-order valence-electron chi connectivity index (χ4n) is 4.10. The Bertz CT molecular complexity index is 497. The maximum Gasteiger partial charge on any atom is 0.225 e. The van der Waals surface area contributed by atoms with E-state index in [1.807, 2.05) is 19.3 Å². The molecule has 128 valence electrons. The number of aryl methyl sites for hydroxylation is 1. The molecule has 0 amide bonds. The minimum Gasteiger partial charge on any atom is -0.338 e. The Morgan fingerprint density at radius 3 is 2.30 bits per heavy atom. The van der Waals surface area contributed by atoms with E-state index in [1.165, 1.54) is 45.2 Å². The number of anilines is 1. The molecule has 1 unspecified atom stereocenters. The first-order valence-corrected chi connectivity index (χ1v) is 9.24. The number of hydrogen-bond acceptors (Lipinski definition) is 4. The predicted octanol–water partition coefficient (Wildman–Crippen LogP) is 3.65. The van der Waals surface area contributed by atoms with Crippen LogP contribution in [0.5, 0.6) is 0 Å². The number of nitrogens with zero attached hydrogens (tertiary/aromatic N) is 4. The molecule has 2 saturated heterocycles. The molecule has 0 aliphatic carbocycles. The standard InChI is InChI=1S/C19H32N4/c1-15-13-20-18(21-14-15)23-9-5-6-17(23)12-16-7-10-22(11-8-16)19(2,3)4/h13-14,16-17H,5-12H2,1-4H3. The van der Waals surface area contributed by atoms with E-state index in [4.69, 9.17) is 0 Å². The van der Waals surface area contributed by atoms with E-state index in [-0.39, 0.29) is 0 Å². The summed E-state index contributed by atoms with van der Waals surface area (Å²) >= 11 is 0. The summed E-state index contributed by atoms with van der Waals surface area (Å²) in [7, 11) is 0. The van der Waals surface area contributed by atoms with Gasteiger partial charge in [0.2, 0.25) is 5.95 Å². The van der Waals surface area contributed by atoms with Crippen molar-refractivity contribution in [2.75, 3.05) is 24.5 Å². The van der Waals surface area contributed by atoms with Gasteiger partial charge in [0.1, 0.15) is 0 Å². The summed E-state index contributed by atoms with van der Waals surface area (Å²) < 4.78 is 0. The molecule has 3 rings (SSSR count). The third kappa shape index (κ3) is 4.03. The van der Waals surface area contributed by atoms with Crippen LogP contribution in [0, 0.1) is 12.8 Å². The molecule has 1 aromatic heterocycles. The van der Waals surface area contributed by atoms with Crippen molar-refractivity contribution in [1.29, 1.82) is 0 Å². The molecule has 0 radical (unpaired) electrons. The average Bonchev–Trinajstić information content (AvgIpc) is 2.96. The third-order valence-electron chi connectivity index (χ3n) is 5.57. The van der Waals surface area contributed by atoms with E-state index in [1.54, 1.807) is 0 Å². The lowest BCUT2D eigenvalue weighted by molar-refractivity contribution is 0.0836. The number of piperidine rings is 1. The zero-order chi connectivity index (χ0) is 16.4. The fourth-order valence-corrected chi connectivity index (χ4v) is 4.10. The molecule has 0 aromatic carbocycles. The average molecular weight is 316 g/mol. The van der Waals surface area contributed by atoms with Crippen LogP contribution in [0.2, 0.25) is 0 Å². The van der Waals surface area contributed by atoms with Crippen molar-refractivity contribution in [3.8, 4) is 0 Å². The van der Waals surface area contributed by atoms with E-state index in [0.29, 0.717) is 11.6 Å². The quantitative estimate of drug-likeness (QED) is 0.852. The molecule has 4 heteroatoms. The van der Waals surface area contributed by atoms with E-state index in [0.717, 1.165) is 24.0 Å². The van der Waals surface area contributed by atoms with Gasteiger partial charge in [0.15, 0.2) is 0 Å². The second-order valence-corrected chi connectivity index (χ2v) is 8.39. The van der Waals surface area contributed by atoms with Crippen LogP contribution < -0.4 is 4.90 Å². The molecule has 1 atom stereocenters. The number of aromatic nitrogens is 2. The Hall–Kier alpha value is -1.16. The van der Waals surface area contributed by atoms with Crippen molar-refractivity contribution >= 4 is 5.95 Å². The van der Waals surface area contributed by atoms with Crippen LogP contribution in [0.15, 0.2) is 12.4 Å². The van der Waals surface area contributed by atoms with Crippen LogP contribution in [0.1, 0.15) is 58.4 Å². The summed E-state index contributed by atoms with van der Waals surface area (Å²) in [5.41, 5.74) is 1.46. The Morgan fingerprint density at radius 1 is 1.04 bits per heavy atom. The normalized spacial score (nSPS) is 24.3. The Labute approximate surface area is 141 Å². The second kappa shape index (κ2) is 6.76. The number of hydrogen-bond donors (Lipinski definition) is 0. The topological polar surface area (TPSA) is 32.3 Å². The van der Waals surface area contributed by atoms with E-state index in [2.05, 4.69) is 40.5 Å². The molecule has 1 aromatic rings. The highest BCUT2D eigenvalue weighted by Gasteiger charge is 2.32. The maximum absolute atomic E-state index is 4.55. The molecular formula is C19H32N4. The highest BCUT2D eigenvalue weighted by Crippen LogP contribution is 2.32. The second-order valence-electron chi connectivity index (χ2n) is 8.39. The van der Waals surface area contributed by atoms with Gasteiger partial charge in [-0.2, -0.15) is 0 Å². The Kier molecular flexibility index (Phi) is 4.90. The molecular weight excluding hydrogens is 284 g/mol. The van der Waals surface area contributed by atoms with E-state index in [9.17, 15) is 0 Å². The van der Waals surface area contributed by atoms with Gasteiger partial charge >= 0.3 is 0 Å². The first-order chi connectivity index (χ1) is 10.9. The van der Waals surface area contributed by atoms with E-state index >= 15 is 0 Å². The molecule has 4 nitrogen and oxygen atoms in total. The zero-order valence-electron chi connectivity index (χ0n) is 15.3. The van der Waals surface area contributed by atoms with Gasteiger partial charge < -0.3 is 4.90 Å². The van der Waals surface area contributed by atoms with Gasteiger partial charge in [0.05, 0.1) is 0 Å². The lowest BCUT2D eigenvalue weighted by Crippen LogP contribution is -2.46. The molecule has 0 N–H and O–H groups in total. The van der Waals surface area contributed by atoms with Crippen molar-refractivity contribution in [3.63, 3.8) is 0 Å².